The first-order chi connectivity index (χ1) is 11.2. The number of rotatable bonds is 10. The Morgan fingerprint density at radius 1 is 0.913 bits per heavy atom. The van der Waals surface area contributed by atoms with Crippen LogP contribution in [0.4, 0.5) is 0 Å². The summed E-state index contributed by atoms with van der Waals surface area (Å²) in [6.07, 6.45) is 12.1. The van der Waals surface area contributed by atoms with Gasteiger partial charge >= 0.3 is 0 Å². The summed E-state index contributed by atoms with van der Waals surface area (Å²) in [4.78, 5) is 15.4. The molecule has 3 heteroatoms. The molecule has 0 atom stereocenters. The summed E-state index contributed by atoms with van der Waals surface area (Å²) in [5.74, 6) is -0.108. The van der Waals surface area contributed by atoms with Crippen LogP contribution in [-0.4, -0.2) is 10.1 Å². The predicted molar refractivity (Wildman–Crippen MR) is 97.2 cm³/mol. The molecule has 0 saturated carbocycles. The van der Waals surface area contributed by atoms with E-state index < -0.39 is 0 Å². The van der Waals surface area contributed by atoms with E-state index in [0.29, 0.717) is 11.1 Å². The lowest BCUT2D eigenvalue weighted by Gasteiger charge is -2.07. The summed E-state index contributed by atoms with van der Waals surface area (Å²) in [6, 6.07) is 7.35. The average molecular weight is 315 g/mol. The van der Waals surface area contributed by atoms with E-state index in [1.165, 1.54) is 44.9 Å². The standard InChI is InChI=1S/C20H29NO2/c1-2-3-4-5-6-7-8-9-10-15-18-20(23)19(22)16-13-11-12-14-17(16)21-18/h11-14,23H,2-10,15H2,1H3,(H,21,22). The van der Waals surface area contributed by atoms with Crippen molar-refractivity contribution in [3.63, 3.8) is 0 Å². The van der Waals surface area contributed by atoms with Crippen LogP contribution in [0, 0.1) is 0 Å². The van der Waals surface area contributed by atoms with Crippen molar-refractivity contribution >= 4 is 10.9 Å². The van der Waals surface area contributed by atoms with Crippen LogP contribution in [0.5, 0.6) is 5.75 Å². The molecule has 23 heavy (non-hydrogen) atoms. The maximum atomic E-state index is 12.1. The van der Waals surface area contributed by atoms with Gasteiger partial charge in [0.1, 0.15) is 0 Å². The quantitative estimate of drug-likeness (QED) is 0.584. The number of hydrogen-bond donors (Lipinski definition) is 2. The second-order valence-electron chi connectivity index (χ2n) is 6.41. The molecular formula is C20H29NO2. The number of hydrogen-bond acceptors (Lipinski definition) is 2. The zero-order valence-corrected chi connectivity index (χ0v) is 14.2. The van der Waals surface area contributed by atoms with Crippen LogP contribution in [0.1, 0.15) is 70.4 Å². The van der Waals surface area contributed by atoms with E-state index in [1.807, 2.05) is 18.2 Å². The highest BCUT2D eigenvalue weighted by Gasteiger charge is 2.09. The van der Waals surface area contributed by atoms with E-state index in [1.54, 1.807) is 6.07 Å². The van der Waals surface area contributed by atoms with E-state index in [9.17, 15) is 9.90 Å². The van der Waals surface area contributed by atoms with Gasteiger partial charge in [-0.05, 0) is 25.0 Å². The lowest BCUT2D eigenvalue weighted by Crippen LogP contribution is -2.07. The topological polar surface area (TPSA) is 53.1 Å². The summed E-state index contributed by atoms with van der Waals surface area (Å²) < 4.78 is 0. The average Bonchev–Trinajstić information content (AvgIpc) is 2.57. The summed E-state index contributed by atoms with van der Waals surface area (Å²) in [5.41, 5.74) is 1.23. The Morgan fingerprint density at radius 3 is 2.22 bits per heavy atom. The lowest BCUT2D eigenvalue weighted by atomic mass is 10.0. The van der Waals surface area contributed by atoms with Crippen LogP contribution in [0.3, 0.4) is 0 Å². The minimum atomic E-state index is -0.259. The van der Waals surface area contributed by atoms with Gasteiger partial charge < -0.3 is 10.1 Å². The number of aromatic hydroxyl groups is 1. The highest BCUT2D eigenvalue weighted by atomic mass is 16.3. The fourth-order valence-corrected chi connectivity index (χ4v) is 3.07. The number of benzene rings is 1. The van der Waals surface area contributed by atoms with Crippen LogP contribution in [0.25, 0.3) is 10.9 Å². The van der Waals surface area contributed by atoms with Crippen molar-refractivity contribution in [2.75, 3.05) is 0 Å². The molecule has 2 rings (SSSR count). The van der Waals surface area contributed by atoms with Crippen molar-refractivity contribution in [1.29, 1.82) is 0 Å². The van der Waals surface area contributed by atoms with Crippen molar-refractivity contribution in [2.45, 2.75) is 71.1 Å². The van der Waals surface area contributed by atoms with E-state index in [2.05, 4.69) is 11.9 Å². The fourth-order valence-electron chi connectivity index (χ4n) is 3.07. The molecule has 126 valence electrons. The van der Waals surface area contributed by atoms with Gasteiger partial charge in [-0.15, -0.1) is 0 Å². The van der Waals surface area contributed by atoms with Crippen LogP contribution in [0.2, 0.25) is 0 Å². The van der Waals surface area contributed by atoms with Crippen molar-refractivity contribution in [2.24, 2.45) is 0 Å². The number of aryl methyl sites for hydroxylation is 1. The molecule has 0 aliphatic rings. The van der Waals surface area contributed by atoms with Crippen molar-refractivity contribution < 1.29 is 5.11 Å². The summed E-state index contributed by atoms with van der Waals surface area (Å²) in [6.45, 7) is 2.24. The second kappa shape index (κ2) is 9.39. The molecule has 3 nitrogen and oxygen atoms in total. The highest BCUT2D eigenvalue weighted by Crippen LogP contribution is 2.18. The Balaban J connectivity index is 1.77. The summed E-state index contributed by atoms with van der Waals surface area (Å²) in [5, 5.41) is 10.6. The molecule has 0 radical (unpaired) electrons. The molecule has 0 spiro atoms. The van der Waals surface area contributed by atoms with Crippen LogP contribution in [-0.2, 0) is 6.42 Å². The Kier molecular flexibility index (Phi) is 7.18. The van der Waals surface area contributed by atoms with E-state index in [0.717, 1.165) is 24.8 Å². The molecule has 2 N–H and O–H groups in total. The largest absolute Gasteiger partial charge is 0.503 e. The minimum absolute atomic E-state index is 0.108. The molecule has 0 unspecified atom stereocenters. The van der Waals surface area contributed by atoms with Gasteiger partial charge in [-0.3, -0.25) is 4.79 Å². The molecule has 1 aromatic heterocycles. The fraction of sp³-hybridized carbons (Fsp3) is 0.550. The van der Waals surface area contributed by atoms with Gasteiger partial charge in [-0.1, -0.05) is 70.4 Å². The third-order valence-electron chi connectivity index (χ3n) is 4.49. The lowest BCUT2D eigenvalue weighted by molar-refractivity contribution is 0.458. The molecule has 1 heterocycles. The zero-order chi connectivity index (χ0) is 16.5. The Labute approximate surface area is 138 Å². The second-order valence-corrected chi connectivity index (χ2v) is 6.41. The van der Waals surface area contributed by atoms with Crippen LogP contribution in [0.15, 0.2) is 29.1 Å². The molecule has 0 amide bonds. The third kappa shape index (κ3) is 5.12. The van der Waals surface area contributed by atoms with Gasteiger partial charge in [-0.2, -0.15) is 0 Å². The molecule has 1 aromatic carbocycles. The molecule has 2 aromatic rings. The third-order valence-corrected chi connectivity index (χ3v) is 4.49. The van der Waals surface area contributed by atoms with Gasteiger partial charge in [0.2, 0.25) is 5.43 Å². The Morgan fingerprint density at radius 2 is 1.52 bits per heavy atom. The number of para-hydroxylation sites is 1. The minimum Gasteiger partial charge on any atom is -0.503 e. The maximum Gasteiger partial charge on any atom is 0.231 e. The van der Waals surface area contributed by atoms with Gasteiger partial charge in [-0.25, -0.2) is 0 Å². The van der Waals surface area contributed by atoms with Crippen molar-refractivity contribution in [1.82, 2.24) is 4.98 Å². The number of nitrogens with one attached hydrogen (secondary N) is 1. The Hall–Kier alpha value is -1.77. The first-order valence-electron chi connectivity index (χ1n) is 9.07. The summed E-state index contributed by atoms with van der Waals surface area (Å²) in [7, 11) is 0. The van der Waals surface area contributed by atoms with Gasteiger partial charge in [0, 0.05) is 10.9 Å². The van der Waals surface area contributed by atoms with E-state index >= 15 is 0 Å². The summed E-state index contributed by atoms with van der Waals surface area (Å²) >= 11 is 0. The Bertz CT molecular complexity index is 660. The SMILES string of the molecule is CCCCCCCCCCCc1[nH]c2ccccc2c(=O)c1O. The highest BCUT2D eigenvalue weighted by molar-refractivity contribution is 5.79. The predicted octanol–water partition coefficient (Wildman–Crippen LogP) is 5.31. The molecule has 0 aliphatic carbocycles. The number of aromatic nitrogens is 1. The van der Waals surface area contributed by atoms with Gasteiger partial charge in [0.25, 0.3) is 0 Å². The first kappa shape index (κ1) is 17.6. The maximum absolute atomic E-state index is 12.1. The van der Waals surface area contributed by atoms with E-state index in [-0.39, 0.29) is 11.2 Å². The molecular weight excluding hydrogens is 286 g/mol. The zero-order valence-electron chi connectivity index (χ0n) is 14.2. The number of aromatic amines is 1. The number of fused-ring (bicyclic) bond motifs is 1. The smallest absolute Gasteiger partial charge is 0.231 e. The monoisotopic (exact) mass is 315 g/mol. The van der Waals surface area contributed by atoms with Crippen LogP contribution >= 0.6 is 0 Å². The number of pyridine rings is 1. The van der Waals surface area contributed by atoms with Crippen LogP contribution < -0.4 is 5.43 Å². The first-order valence-corrected chi connectivity index (χ1v) is 9.07. The number of unbranched alkanes of at least 4 members (excludes halogenated alkanes) is 8. The van der Waals surface area contributed by atoms with Crippen molar-refractivity contribution in [3.8, 4) is 5.75 Å². The molecule has 0 aliphatic heterocycles. The normalized spacial score (nSPS) is 11.2. The van der Waals surface area contributed by atoms with Gasteiger partial charge in [0.15, 0.2) is 5.75 Å². The molecule has 0 fully saturated rings. The molecule has 0 saturated heterocycles. The molecule has 0 bridgehead atoms. The van der Waals surface area contributed by atoms with Crippen molar-refractivity contribution in [3.05, 3.63) is 40.2 Å². The number of H-pyrrole nitrogens is 1. The van der Waals surface area contributed by atoms with Gasteiger partial charge in [0.05, 0.1) is 5.69 Å². The van der Waals surface area contributed by atoms with E-state index in [4.69, 9.17) is 0 Å².